The fourth-order valence-electron chi connectivity index (χ4n) is 3.99. The van der Waals surface area contributed by atoms with Crippen molar-refractivity contribution in [2.75, 3.05) is 26.3 Å². The number of rotatable bonds is 7. The van der Waals surface area contributed by atoms with Gasteiger partial charge in [-0.15, -0.1) is 10.2 Å². The molecule has 2 aromatic carbocycles. The zero-order valence-corrected chi connectivity index (χ0v) is 19.1. The van der Waals surface area contributed by atoms with Gasteiger partial charge in [-0.25, -0.2) is 13.4 Å². The maximum atomic E-state index is 13.1. The summed E-state index contributed by atoms with van der Waals surface area (Å²) in [4.78, 5) is 6.51. The van der Waals surface area contributed by atoms with Crippen molar-refractivity contribution in [1.29, 1.82) is 0 Å². The highest BCUT2D eigenvalue weighted by molar-refractivity contribution is 7.89. The standard InChI is InChI=1S/C22H25N7O3S/c1-2-10-28-20-9-8-18(33(30,31)27-11-13-32-14-12-27)15-19(20)23-21(28)16-29-25-22(24-26-29)17-6-4-3-5-7-17/h3-9,15H,2,10-14,16H2,1H3. The Morgan fingerprint density at radius 1 is 1.06 bits per heavy atom. The minimum Gasteiger partial charge on any atom is -0.379 e. The molecule has 0 saturated carbocycles. The Bertz CT molecular complexity index is 1360. The number of morpholine rings is 1. The summed E-state index contributed by atoms with van der Waals surface area (Å²) in [5.74, 6) is 1.30. The molecule has 0 unspecified atom stereocenters. The number of benzene rings is 2. The lowest BCUT2D eigenvalue weighted by atomic mass is 10.2. The second kappa shape index (κ2) is 9.00. The Balaban J connectivity index is 1.47. The maximum absolute atomic E-state index is 13.1. The Morgan fingerprint density at radius 3 is 2.61 bits per heavy atom. The van der Waals surface area contributed by atoms with E-state index < -0.39 is 10.0 Å². The van der Waals surface area contributed by atoms with Gasteiger partial charge in [-0.05, 0) is 29.8 Å². The van der Waals surface area contributed by atoms with Crippen LogP contribution in [0.25, 0.3) is 22.4 Å². The predicted octanol–water partition coefficient (Wildman–Crippen LogP) is 2.17. The number of fused-ring (bicyclic) bond motifs is 1. The van der Waals surface area contributed by atoms with Crippen molar-refractivity contribution in [2.45, 2.75) is 31.3 Å². The summed E-state index contributed by atoms with van der Waals surface area (Å²) >= 11 is 0. The van der Waals surface area contributed by atoms with Crippen molar-refractivity contribution in [3.05, 3.63) is 54.4 Å². The van der Waals surface area contributed by atoms with E-state index in [4.69, 9.17) is 9.72 Å². The van der Waals surface area contributed by atoms with E-state index >= 15 is 0 Å². The zero-order valence-electron chi connectivity index (χ0n) is 18.3. The molecule has 0 radical (unpaired) electrons. The molecular weight excluding hydrogens is 442 g/mol. The van der Waals surface area contributed by atoms with Gasteiger partial charge >= 0.3 is 0 Å². The molecule has 0 N–H and O–H groups in total. The Hall–Kier alpha value is -3.15. The van der Waals surface area contributed by atoms with Crippen LogP contribution in [0.4, 0.5) is 0 Å². The first-order valence-electron chi connectivity index (χ1n) is 11.0. The molecule has 11 heteroatoms. The van der Waals surface area contributed by atoms with E-state index in [0.29, 0.717) is 44.2 Å². The average molecular weight is 468 g/mol. The summed E-state index contributed by atoms with van der Waals surface area (Å²) in [6, 6.07) is 14.8. The monoisotopic (exact) mass is 467 g/mol. The number of ether oxygens (including phenoxy) is 1. The average Bonchev–Trinajstić information content (AvgIpc) is 3.45. The molecule has 1 fully saturated rings. The molecule has 1 aliphatic heterocycles. The number of hydrogen-bond donors (Lipinski definition) is 0. The molecule has 33 heavy (non-hydrogen) atoms. The molecule has 0 aliphatic carbocycles. The van der Waals surface area contributed by atoms with Crippen LogP contribution in [-0.4, -0.2) is 68.8 Å². The molecule has 0 spiro atoms. The highest BCUT2D eigenvalue weighted by Crippen LogP contribution is 2.24. The van der Waals surface area contributed by atoms with Crippen LogP contribution >= 0.6 is 0 Å². The Morgan fingerprint density at radius 2 is 1.85 bits per heavy atom. The summed E-state index contributed by atoms with van der Waals surface area (Å²) in [6.45, 7) is 4.71. The molecule has 3 heterocycles. The first-order chi connectivity index (χ1) is 16.1. The van der Waals surface area contributed by atoms with E-state index in [9.17, 15) is 8.42 Å². The minimum atomic E-state index is -3.59. The van der Waals surface area contributed by atoms with Crippen LogP contribution in [0.15, 0.2) is 53.4 Å². The normalized spacial score (nSPS) is 15.3. The van der Waals surface area contributed by atoms with E-state index in [1.54, 1.807) is 12.1 Å². The van der Waals surface area contributed by atoms with Gasteiger partial charge in [0.2, 0.25) is 15.8 Å². The van der Waals surface area contributed by atoms with Crippen LogP contribution in [0.5, 0.6) is 0 Å². The van der Waals surface area contributed by atoms with Crippen LogP contribution < -0.4 is 0 Å². The smallest absolute Gasteiger partial charge is 0.243 e. The van der Waals surface area contributed by atoms with Crippen molar-refractivity contribution in [1.82, 2.24) is 34.1 Å². The summed E-state index contributed by atoms with van der Waals surface area (Å²) in [5.41, 5.74) is 2.41. The number of sulfonamides is 1. The van der Waals surface area contributed by atoms with Crippen LogP contribution in [0, 0.1) is 0 Å². The molecule has 2 aromatic heterocycles. The molecule has 10 nitrogen and oxygen atoms in total. The SMILES string of the molecule is CCCn1c(Cn2nnc(-c3ccccc3)n2)nc2cc(S(=O)(=O)N3CCOCC3)ccc21. The maximum Gasteiger partial charge on any atom is 0.243 e. The van der Waals surface area contributed by atoms with Crippen molar-refractivity contribution in [2.24, 2.45) is 0 Å². The first kappa shape index (κ1) is 21.7. The topological polar surface area (TPSA) is 108 Å². The van der Waals surface area contributed by atoms with Crippen molar-refractivity contribution < 1.29 is 13.2 Å². The third-order valence-electron chi connectivity index (χ3n) is 5.62. The third kappa shape index (κ3) is 4.26. The number of tetrazole rings is 1. The number of aromatic nitrogens is 6. The quantitative estimate of drug-likeness (QED) is 0.410. The number of hydrogen-bond acceptors (Lipinski definition) is 7. The van der Waals surface area contributed by atoms with Gasteiger partial charge in [0.1, 0.15) is 12.4 Å². The minimum absolute atomic E-state index is 0.245. The largest absolute Gasteiger partial charge is 0.379 e. The highest BCUT2D eigenvalue weighted by atomic mass is 32.2. The van der Waals surface area contributed by atoms with Gasteiger partial charge in [-0.3, -0.25) is 0 Å². The lowest BCUT2D eigenvalue weighted by Gasteiger charge is -2.26. The van der Waals surface area contributed by atoms with E-state index in [0.717, 1.165) is 29.9 Å². The molecular formula is C22H25N7O3S. The van der Waals surface area contributed by atoms with Crippen LogP contribution in [0.1, 0.15) is 19.2 Å². The fraction of sp³-hybridized carbons (Fsp3) is 0.364. The second-order valence-corrected chi connectivity index (χ2v) is 9.79. The van der Waals surface area contributed by atoms with Crippen molar-refractivity contribution in [3.63, 3.8) is 0 Å². The van der Waals surface area contributed by atoms with Gasteiger partial charge < -0.3 is 9.30 Å². The molecule has 1 aliphatic rings. The van der Waals surface area contributed by atoms with Gasteiger partial charge in [0.15, 0.2) is 0 Å². The predicted molar refractivity (Wildman–Crippen MR) is 122 cm³/mol. The summed E-state index contributed by atoms with van der Waals surface area (Å²) in [7, 11) is -3.59. The lowest BCUT2D eigenvalue weighted by Crippen LogP contribution is -2.40. The number of imidazole rings is 1. The fourth-order valence-corrected chi connectivity index (χ4v) is 5.42. The summed E-state index contributed by atoms with van der Waals surface area (Å²) < 4.78 is 35.0. The Labute approximate surface area is 191 Å². The molecule has 0 amide bonds. The van der Waals surface area contributed by atoms with Crippen LogP contribution in [-0.2, 0) is 27.8 Å². The highest BCUT2D eigenvalue weighted by Gasteiger charge is 2.27. The molecule has 5 rings (SSSR count). The summed E-state index contributed by atoms with van der Waals surface area (Å²) in [5, 5.41) is 12.8. The molecule has 0 atom stereocenters. The molecule has 4 aromatic rings. The molecule has 172 valence electrons. The number of nitrogens with zero attached hydrogens (tertiary/aromatic N) is 7. The van der Waals surface area contributed by atoms with Gasteiger partial charge in [0.05, 0.1) is 29.1 Å². The van der Waals surface area contributed by atoms with E-state index in [2.05, 4.69) is 26.9 Å². The van der Waals surface area contributed by atoms with Crippen molar-refractivity contribution in [3.8, 4) is 11.4 Å². The van der Waals surface area contributed by atoms with Gasteiger partial charge in [-0.1, -0.05) is 37.3 Å². The van der Waals surface area contributed by atoms with Crippen molar-refractivity contribution >= 4 is 21.1 Å². The molecule has 0 bridgehead atoms. The van der Waals surface area contributed by atoms with E-state index in [1.807, 2.05) is 36.4 Å². The first-order valence-corrected chi connectivity index (χ1v) is 12.4. The Kier molecular flexibility index (Phi) is 5.92. The third-order valence-corrected chi connectivity index (χ3v) is 7.52. The van der Waals surface area contributed by atoms with E-state index in [-0.39, 0.29) is 4.90 Å². The van der Waals surface area contributed by atoms with Crippen LogP contribution in [0.2, 0.25) is 0 Å². The molecule has 1 saturated heterocycles. The number of aryl methyl sites for hydroxylation is 1. The second-order valence-electron chi connectivity index (χ2n) is 7.86. The van der Waals surface area contributed by atoms with Gasteiger partial charge in [0, 0.05) is 25.2 Å². The lowest BCUT2D eigenvalue weighted by molar-refractivity contribution is 0.0730. The van der Waals surface area contributed by atoms with E-state index in [1.165, 1.54) is 9.10 Å². The van der Waals surface area contributed by atoms with Crippen LogP contribution in [0.3, 0.4) is 0 Å². The zero-order chi connectivity index (χ0) is 22.8. The van der Waals surface area contributed by atoms with Gasteiger partial charge in [0.25, 0.3) is 0 Å². The van der Waals surface area contributed by atoms with Gasteiger partial charge in [-0.2, -0.15) is 9.10 Å². The summed E-state index contributed by atoms with van der Waals surface area (Å²) in [6.07, 6.45) is 0.909.